The van der Waals surface area contributed by atoms with Gasteiger partial charge in [0.2, 0.25) is 0 Å². The van der Waals surface area contributed by atoms with Crippen LogP contribution in [0, 0.1) is 0 Å². The van der Waals surface area contributed by atoms with Gasteiger partial charge in [0.15, 0.2) is 0 Å². The van der Waals surface area contributed by atoms with E-state index in [2.05, 4.69) is 78.3 Å². The van der Waals surface area contributed by atoms with Crippen molar-refractivity contribution in [3.63, 3.8) is 0 Å². The molecule has 0 spiro atoms. The topological polar surface area (TPSA) is 38.0 Å². The van der Waals surface area contributed by atoms with Gasteiger partial charge in [0.05, 0.1) is 0 Å². The number of nitrogens with two attached hydrogens (primary N) is 1. The molecule has 3 aromatic rings. The average Bonchev–Trinajstić information content (AvgIpc) is 2.67. The second-order valence-electron chi connectivity index (χ2n) is 6.35. The van der Waals surface area contributed by atoms with Crippen LogP contribution >= 0.6 is 36.6 Å². The van der Waals surface area contributed by atoms with Crippen molar-refractivity contribution in [1.29, 1.82) is 0 Å². The first kappa shape index (κ1) is 23.8. The summed E-state index contributed by atoms with van der Waals surface area (Å²) >= 11 is 1.76. The fraction of sp³-hybridized carbons (Fsp3) is 0.273. The number of rotatable bonds is 8. The van der Waals surface area contributed by atoms with Gasteiger partial charge in [-0.1, -0.05) is 54.6 Å². The monoisotopic (exact) mass is 422 g/mol. The molecule has 0 saturated carbocycles. The lowest BCUT2D eigenvalue weighted by atomic mass is 10.0. The van der Waals surface area contributed by atoms with E-state index in [-0.39, 0.29) is 30.9 Å². The van der Waals surface area contributed by atoms with Crippen LogP contribution in [0.15, 0.2) is 71.6 Å². The summed E-state index contributed by atoms with van der Waals surface area (Å²) in [6, 6.07) is 23.9. The smallest absolute Gasteiger partial charge is 0.0307 e. The molecule has 2 nitrogen and oxygen atoms in total. The highest BCUT2D eigenvalue weighted by atomic mass is 35.5. The van der Waals surface area contributed by atoms with Gasteiger partial charge in [0.1, 0.15) is 0 Å². The molecular formula is C22H28Cl2N2S. The molecule has 27 heavy (non-hydrogen) atoms. The Hall–Kier alpha value is -1.23. The van der Waals surface area contributed by atoms with Crippen LogP contribution in [0.5, 0.6) is 0 Å². The minimum absolute atomic E-state index is 0. The number of hydrogen-bond donors (Lipinski definition) is 2. The summed E-state index contributed by atoms with van der Waals surface area (Å²) in [4.78, 5) is 1.28. The Morgan fingerprint density at radius 2 is 1.59 bits per heavy atom. The van der Waals surface area contributed by atoms with Crippen molar-refractivity contribution in [2.75, 3.05) is 19.3 Å². The summed E-state index contributed by atoms with van der Waals surface area (Å²) in [5.41, 5.74) is 8.89. The molecule has 3 N–H and O–H groups in total. The van der Waals surface area contributed by atoms with E-state index < -0.39 is 0 Å². The molecule has 0 aliphatic heterocycles. The molecule has 5 heteroatoms. The van der Waals surface area contributed by atoms with E-state index in [1.807, 2.05) is 0 Å². The number of halogens is 2. The molecule has 3 aromatic carbocycles. The fourth-order valence-electron chi connectivity index (χ4n) is 3.03. The molecule has 0 aliphatic carbocycles. The van der Waals surface area contributed by atoms with Gasteiger partial charge in [0.25, 0.3) is 0 Å². The third kappa shape index (κ3) is 7.02. The van der Waals surface area contributed by atoms with Crippen molar-refractivity contribution >= 4 is 47.3 Å². The predicted octanol–water partition coefficient (Wildman–Crippen LogP) is 5.63. The highest BCUT2D eigenvalue weighted by Gasteiger charge is 2.05. The minimum atomic E-state index is 0. The van der Waals surface area contributed by atoms with Gasteiger partial charge in [-0.15, -0.1) is 36.6 Å². The van der Waals surface area contributed by atoms with Crippen LogP contribution < -0.4 is 11.1 Å². The summed E-state index contributed by atoms with van der Waals surface area (Å²) in [6.07, 6.45) is 4.09. The van der Waals surface area contributed by atoms with E-state index in [1.165, 1.54) is 26.8 Å². The average molecular weight is 423 g/mol. The van der Waals surface area contributed by atoms with E-state index in [9.17, 15) is 0 Å². The van der Waals surface area contributed by atoms with E-state index in [0.717, 1.165) is 25.9 Å². The number of fused-ring (bicyclic) bond motifs is 1. The quantitative estimate of drug-likeness (QED) is 0.364. The largest absolute Gasteiger partial charge is 0.324 e. The SMILES string of the molecule is CSc1ccc(C(N)CCNCCc2ccc3ccccc3c2)cc1.Cl.Cl. The lowest BCUT2D eigenvalue weighted by Gasteiger charge is -2.13. The van der Waals surface area contributed by atoms with Crippen LogP contribution in [0.4, 0.5) is 0 Å². The van der Waals surface area contributed by atoms with Crippen LogP contribution in [-0.2, 0) is 6.42 Å². The highest BCUT2D eigenvalue weighted by molar-refractivity contribution is 7.98. The second kappa shape index (κ2) is 12.3. The fourth-order valence-corrected chi connectivity index (χ4v) is 3.44. The molecule has 0 bridgehead atoms. The summed E-state index contributed by atoms with van der Waals surface area (Å²) in [6.45, 7) is 1.93. The van der Waals surface area contributed by atoms with Gasteiger partial charge in [-0.3, -0.25) is 0 Å². The number of hydrogen-bond acceptors (Lipinski definition) is 3. The van der Waals surface area contributed by atoms with Crippen LogP contribution in [-0.4, -0.2) is 19.3 Å². The molecule has 146 valence electrons. The standard InChI is InChI=1S/C22H26N2S.2ClH/c1-25-21-10-8-19(9-11-21)22(23)13-15-24-14-12-17-6-7-18-4-2-3-5-20(18)16-17;;/h2-11,16,22,24H,12-15,23H2,1H3;2*1H. The van der Waals surface area contributed by atoms with E-state index in [4.69, 9.17) is 5.73 Å². The summed E-state index contributed by atoms with van der Waals surface area (Å²) in [5.74, 6) is 0. The molecular weight excluding hydrogens is 395 g/mol. The first-order valence-corrected chi connectivity index (χ1v) is 10.1. The maximum absolute atomic E-state index is 6.30. The van der Waals surface area contributed by atoms with Crippen molar-refractivity contribution < 1.29 is 0 Å². The second-order valence-corrected chi connectivity index (χ2v) is 7.23. The van der Waals surface area contributed by atoms with Gasteiger partial charge in [0, 0.05) is 10.9 Å². The van der Waals surface area contributed by atoms with Crippen molar-refractivity contribution in [1.82, 2.24) is 5.32 Å². The van der Waals surface area contributed by atoms with Gasteiger partial charge >= 0.3 is 0 Å². The van der Waals surface area contributed by atoms with E-state index in [0.29, 0.717) is 0 Å². The molecule has 0 fully saturated rings. The minimum Gasteiger partial charge on any atom is -0.324 e. The van der Waals surface area contributed by atoms with Gasteiger partial charge in [-0.2, -0.15) is 0 Å². The molecule has 0 aromatic heterocycles. The van der Waals surface area contributed by atoms with Gasteiger partial charge < -0.3 is 11.1 Å². The van der Waals surface area contributed by atoms with Crippen molar-refractivity contribution in [2.45, 2.75) is 23.8 Å². The number of nitrogens with one attached hydrogen (secondary N) is 1. The zero-order chi connectivity index (χ0) is 17.5. The Bertz CT molecular complexity index is 809. The maximum atomic E-state index is 6.30. The van der Waals surface area contributed by atoms with Crippen molar-refractivity contribution in [2.24, 2.45) is 5.73 Å². The van der Waals surface area contributed by atoms with Crippen molar-refractivity contribution in [3.05, 3.63) is 77.9 Å². The zero-order valence-corrected chi connectivity index (χ0v) is 18.0. The van der Waals surface area contributed by atoms with Gasteiger partial charge in [-0.25, -0.2) is 0 Å². The first-order valence-electron chi connectivity index (χ1n) is 8.84. The Labute approximate surface area is 179 Å². The summed E-state index contributed by atoms with van der Waals surface area (Å²) in [7, 11) is 0. The summed E-state index contributed by atoms with van der Waals surface area (Å²) < 4.78 is 0. The van der Waals surface area contributed by atoms with E-state index >= 15 is 0 Å². The molecule has 0 amide bonds. The first-order chi connectivity index (χ1) is 12.3. The number of benzene rings is 3. The van der Waals surface area contributed by atoms with Gasteiger partial charge in [-0.05, 0) is 66.2 Å². The van der Waals surface area contributed by atoms with Crippen LogP contribution in [0.25, 0.3) is 10.8 Å². The molecule has 0 saturated heterocycles. The molecule has 0 heterocycles. The Kier molecular flexibility index (Phi) is 10.8. The molecule has 0 aliphatic rings. The molecule has 0 radical (unpaired) electrons. The van der Waals surface area contributed by atoms with Crippen molar-refractivity contribution in [3.8, 4) is 0 Å². The number of thioether (sulfide) groups is 1. The third-order valence-corrected chi connectivity index (χ3v) is 5.32. The van der Waals surface area contributed by atoms with Crippen LogP contribution in [0.2, 0.25) is 0 Å². The van der Waals surface area contributed by atoms with Crippen LogP contribution in [0.1, 0.15) is 23.6 Å². The molecule has 3 rings (SSSR count). The zero-order valence-electron chi connectivity index (χ0n) is 15.6. The Morgan fingerprint density at radius 3 is 2.30 bits per heavy atom. The molecule has 1 atom stereocenters. The molecule has 1 unspecified atom stereocenters. The van der Waals surface area contributed by atoms with Crippen LogP contribution in [0.3, 0.4) is 0 Å². The lowest BCUT2D eigenvalue weighted by Crippen LogP contribution is -2.23. The lowest BCUT2D eigenvalue weighted by molar-refractivity contribution is 0.581. The Balaban J connectivity index is 0.00000182. The normalized spacial score (nSPS) is 11.5. The third-order valence-electron chi connectivity index (χ3n) is 4.58. The Morgan fingerprint density at radius 1 is 0.889 bits per heavy atom. The predicted molar refractivity (Wildman–Crippen MR) is 125 cm³/mol. The maximum Gasteiger partial charge on any atom is 0.0307 e. The summed E-state index contributed by atoms with van der Waals surface area (Å²) in [5, 5.41) is 6.14. The highest BCUT2D eigenvalue weighted by Crippen LogP contribution is 2.19. The van der Waals surface area contributed by atoms with E-state index in [1.54, 1.807) is 11.8 Å².